The minimum Gasteiger partial charge on any atom is -0.389 e. The second-order valence-electron chi connectivity index (χ2n) is 2.71. The van der Waals surface area contributed by atoms with Crippen molar-refractivity contribution in [3.05, 3.63) is 11.6 Å². The number of Topliss-reactive ketones (excluding diaryl/α,β-unsaturated/α-hetero) is 1. The van der Waals surface area contributed by atoms with Crippen molar-refractivity contribution in [3.8, 4) is 12.3 Å². The van der Waals surface area contributed by atoms with Gasteiger partial charge in [-0.1, -0.05) is 5.92 Å². The predicted octanol–water partition coefficient (Wildman–Crippen LogP) is 0.516. The molecule has 2 atom stereocenters. The first-order valence-corrected chi connectivity index (χ1v) is 3.54. The van der Waals surface area contributed by atoms with Crippen LogP contribution in [0.25, 0.3) is 0 Å². The molecular formula is C9H10O2. The Hall–Kier alpha value is -1.07. The molecule has 58 valence electrons. The van der Waals surface area contributed by atoms with Crippen molar-refractivity contribution in [2.45, 2.75) is 19.4 Å². The Balaban J connectivity index is 2.81. The van der Waals surface area contributed by atoms with Gasteiger partial charge in [0.1, 0.15) is 0 Å². The van der Waals surface area contributed by atoms with Crippen molar-refractivity contribution >= 4 is 5.78 Å². The van der Waals surface area contributed by atoms with Crippen molar-refractivity contribution in [1.29, 1.82) is 0 Å². The van der Waals surface area contributed by atoms with Crippen molar-refractivity contribution in [1.82, 2.24) is 0 Å². The summed E-state index contributed by atoms with van der Waals surface area (Å²) in [7, 11) is 0. The number of hydrogen-bond donors (Lipinski definition) is 1. The number of carbonyl (C=O) groups is 1. The molecule has 0 saturated heterocycles. The van der Waals surface area contributed by atoms with Crippen LogP contribution in [-0.4, -0.2) is 17.0 Å². The number of terminal acetylenes is 1. The number of rotatable bonds is 1. The Morgan fingerprint density at radius 2 is 2.55 bits per heavy atom. The molecule has 0 radical (unpaired) electrons. The first kappa shape index (κ1) is 8.03. The molecule has 0 spiro atoms. The molecule has 0 bridgehead atoms. The van der Waals surface area contributed by atoms with E-state index in [1.54, 1.807) is 13.0 Å². The molecule has 1 aliphatic rings. The van der Waals surface area contributed by atoms with Crippen LogP contribution in [0.5, 0.6) is 0 Å². The maximum absolute atomic E-state index is 11.1. The maximum atomic E-state index is 11.1. The number of ketones is 1. The third-order valence-corrected chi connectivity index (χ3v) is 1.80. The fourth-order valence-electron chi connectivity index (χ4n) is 1.14. The van der Waals surface area contributed by atoms with Gasteiger partial charge in [-0.25, -0.2) is 0 Å². The maximum Gasteiger partial charge on any atom is 0.162 e. The molecule has 0 aromatic carbocycles. The molecule has 0 aromatic heterocycles. The molecule has 2 nitrogen and oxygen atoms in total. The summed E-state index contributed by atoms with van der Waals surface area (Å²) < 4.78 is 0. The number of aliphatic hydroxyl groups excluding tert-OH is 1. The molecule has 1 N–H and O–H groups in total. The number of carbonyl (C=O) groups excluding carboxylic acids is 1. The van der Waals surface area contributed by atoms with Gasteiger partial charge in [0.2, 0.25) is 0 Å². The predicted molar refractivity (Wildman–Crippen MR) is 41.7 cm³/mol. The van der Waals surface area contributed by atoms with Crippen LogP contribution in [0, 0.1) is 18.3 Å². The topological polar surface area (TPSA) is 37.3 Å². The summed E-state index contributed by atoms with van der Waals surface area (Å²) in [4.78, 5) is 11.1. The number of aliphatic hydroxyl groups is 1. The Morgan fingerprint density at radius 3 is 2.91 bits per heavy atom. The van der Waals surface area contributed by atoms with Gasteiger partial charge >= 0.3 is 0 Å². The van der Waals surface area contributed by atoms with Crippen LogP contribution < -0.4 is 0 Å². The van der Waals surface area contributed by atoms with Gasteiger partial charge < -0.3 is 5.11 Å². The Kier molecular flexibility index (Phi) is 2.11. The normalized spacial score (nSPS) is 26.1. The molecule has 0 saturated carbocycles. The smallest absolute Gasteiger partial charge is 0.162 e. The van der Waals surface area contributed by atoms with E-state index in [1.165, 1.54) is 0 Å². The average molecular weight is 150 g/mol. The van der Waals surface area contributed by atoms with Crippen molar-refractivity contribution in [2.75, 3.05) is 0 Å². The lowest BCUT2D eigenvalue weighted by atomic mass is 10.0. The number of hydrogen-bond acceptors (Lipinski definition) is 2. The van der Waals surface area contributed by atoms with E-state index in [4.69, 9.17) is 11.5 Å². The third kappa shape index (κ3) is 1.50. The van der Waals surface area contributed by atoms with Gasteiger partial charge in [-0.2, -0.15) is 0 Å². The van der Waals surface area contributed by atoms with Gasteiger partial charge in [0.05, 0.1) is 6.10 Å². The molecule has 0 aliphatic heterocycles. The molecule has 2 heteroatoms. The molecule has 2 unspecified atom stereocenters. The van der Waals surface area contributed by atoms with E-state index in [1.807, 2.05) is 0 Å². The summed E-state index contributed by atoms with van der Waals surface area (Å²) in [5, 5.41) is 9.05. The Labute approximate surface area is 65.9 Å². The summed E-state index contributed by atoms with van der Waals surface area (Å²) in [6.07, 6.45) is 6.26. The number of allylic oxidation sites excluding steroid dienone is 1. The van der Waals surface area contributed by atoms with Gasteiger partial charge in [0.15, 0.2) is 5.78 Å². The lowest BCUT2D eigenvalue weighted by molar-refractivity contribution is -0.116. The molecule has 0 amide bonds. The Bertz CT molecular complexity index is 245. The van der Waals surface area contributed by atoms with Crippen LogP contribution in [0.4, 0.5) is 0 Å². The van der Waals surface area contributed by atoms with Crippen LogP contribution in [0.3, 0.4) is 0 Å². The first-order valence-electron chi connectivity index (χ1n) is 3.54. The summed E-state index contributed by atoms with van der Waals surface area (Å²) in [5.74, 6) is 2.27. The van der Waals surface area contributed by atoms with E-state index in [0.29, 0.717) is 5.57 Å². The Morgan fingerprint density at radius 1 is 1.91 bits per heavy atom. The van der Waals surface area contributed by atoms with Crippen molar-refractivity contribution < 1.29 is 9.90 Å². The van der Waals surface area contributed by atoms with E-state index < -0.39 is 6.10 Å². The zero-order chi connectivity index (χ0) is 8.43. The zero-order valence-corrected chi connectivity index (χ0v) is 6.37. The second-order valence-corrected chi connectivity index (χ2v) is 2.71. The van der Waals surface area contributed by atoms with E-state index in [9.17, 15) is 4.79 Å². The minimum absolute atomic E-state index is 0.0250. The monoisotopic (exact) mass is 150 g/mol. The summed E-state index contributed by atoms with van der Waals surface area (Å²) >= 11 is 0. The van der Waals surface area contributed by atoms with Crippen LogP contribution in [0.15, 0.2) is 11.6 Å². The minimum atomic E-state index is -0.617. The van der Waals surface area contributed by atoms with Gasteiger partial charge in [-0.05, 0) is 13.0 Å². The molecule has 11 heavy (non-hydrogen) atoms. The highest BCUT2D eigenvalue weighted by Crippen LogP contribution is 2.21. The van der Waals surface area contributed by atoms with Crippen LogP contribution in [-0.2, 0) is 4.79 Å². The molecular weight excluding hydrogens is 140 g/mol. The van der Waals surface area contributed by atoms with Gasteiger partial charge in [0, 0.05) is 17.9 Å². The van der Waals surface area contributed by atoms with Crippen molar-refractivity contribution in [2.24, 2.45) is 5.92 Å². The van der Waals surface area contributed by atoms with E-state index in [-0.39, 0.29) is 18.1 Å². The quantitative estimate of drug-likeness (QED) is 0.553. The molecule has 1 aliphatic carbocycles. The summed E-state index contributed by atoms with van der Waals surface area (Å²) in [6.45, 7) is 1.78. The summed E-state index contributed by atoms with van der Waals surface area (Å²) in [5.41, 5.74) is 0.583. The lowest BCUT2D eigenvalue weighted by Crippen LogP contribution is -2.05. The molecule has 1 rings (SSSR count). The highest BCUT2D eigenvalue weighted by Gasteiger charge is 2.24. The third-order valence-electron chi connectivity index (χ3n) is 1.80. The van der Waals surface area contributed by atoms with Crippen molar-refractivity contribution in [3.63, 3.8) is 0 Å². The van der Waals surface area contributed by atoms with E-state index in [0.717, 1.165) is 0 Å². The van der Waals surface area contributed by atoms with Crippen LogP contribution >= 0.6 is 0 Å². The average Bonchev–Trinajstić information content (AvgIpc) is 2.28. The highest BCUT2D eigenvalue weighted by atomic mass is 16.3. The SMILES string of the molecule is C#CC(C)C1=CC(O)CC1=O. The summed E-state index contributed by atoms with van der Waals surface area (Å²) in [6, 6.07) is 0. The second kappa shape index (κ2) is 2.89. The van der Waals surface area contributed by atoms with Crippen LogP contribution in [0.1, 0.15) is 13.3 Å². The van der Waals surface area contributed by atoms with E-state index in [2.05, 4.69) is 5.92 Å². The zero-order valence-electron chi connectivity index (χ0n) is 6.37. The van der Waals surface area contributed by atoms with E-state index >= 15 is 0 Å². The van der Waals surface area contributed by atoms with Gasteiger partial charge in [0.25, 0.3) is 0 Å². The molecule has 0 aromatic rings. The molecule has 0 heterocycles. The first-order chi connectivity index (χ1) is 5.15. The lowest BCUT2D eigenvalue weighted by Gasteiger charge is -2.00. The largest absolute Gasteiger partial charge is 0.389 e. The van der Waals surface area contributed by atoms with Crippen LogP contribution in [0.2, 0.25) is 0 Å². The highest BCUT2D eigenvalue weighted by molar-refractivity contribution is 5.99. The van der Waals surface area contributed by atoms with Gasteiger partial charge in [-0.15, -0.1) is 6.42 Å². The fraction of sp³-hybridized carbons (Fsp3) is 0.444. The van der Waals surface area contributed by atoms with Gasteiger partial charge in [-0.3, -0.25) is 4.79 Å². The fourth-order valence-corrected chi connectivity index (χ4v) is 1.14. The molecule has 0 fully saturated rings. The standard InChI is InChI=1S/C9H10O2/c1-3-6(2)8-4-7(10)5-9(8)11/h1,4,6-7,10H,5H2,2H3.